The van der Waals surface area contributed by atoms with Crippen molar-refractivity contribution >= 4 is 45.0 Å². The predicted octanol–water partition coefficient (Wildman–Crippen LogP) is 5.18. The Morgan fingerprint density at radius 2 is 1.43 bits per heavy atom. The van der Waals surface area contributed by atoms with E-state index in [0.29, 0.717) is 47.5 Å². The molecule has 0 atom stereocenters. The van der Waals surface area contributed by atoms with Gasteiger partial charge in [0.15, 0.2) is 0 Å². The van der Waals surface area contributed by atoms with E-state index in [9.17, 15) is 8.42 Å². The van der Waals surface area contributed by atoms with Gasteiger partial charge in [-0.1, -0.05) is 37.3 Å². The first-order valence-electron chi connectivity index (χ1n) is 12.4. The molecule has 2 aromatic rings. The normalized spacial score (nSPS) is 21.7. The minimum Gasteiger partial charge on any atom is -0.495 e. The molecule has 0 radical (unpaired) electrons. The van der Waals surface area contributed by atoms with E-state index in [1.807, 2.05) is 6.07 Å². The van der Waals surface area contributed by atoms with Crippen molar-refractivity contribution < 1.29 is 13.2 Å². The number of sulfone groups is 1. The van der Waals surface area contributed by atoms with Gasteiger partial charge in [0.1, 0.15) is 15.6 Å². The van der Waals surface area contributed by atoms with Gasteiger partial charge in [-0.3, -0.25) is 0 Å². The number of halogens is 1. The first kappa shape index (κ1) is 25.8. The molecule has 1 heterocycles. The van der Waals surface area contributed by atoms with Crippen molar-refractivity contribution in [2.75, 3.05) is 29.3 Å². The molecule has 35 heavy (non-hydrogen) atoms. The molecular formula is C24H35ClN6O3S. The summed E-state index contributed by atoms with van der Waals surface area (Å²) in [6.45, 7) is 0. The summed E-state index contributed by atoms with van der Waals surface area (Å²) < 4.78 is 29.0. The lowest BCUT2D eigenvalue weighted by Crippen LogP contribution is -2.33. The van der Waals surface area contributed by atoms with Crippen LogP contribution in [0.1, 0.15) is 64.2 Å². The number of anilines is 4. The lowest BCUT2D eigenvalue weighted by molar-refractivity contribution is 0.415. The minimum absolute atomic E-state index is 0.115. The topological polar surface area (TPSA) is 118 Å². The van der Waals surface area contributed by atoms with E-state index < -0.39 is 9.84 Å². The molecule has 9 nitrogen and oxygen atoms in total. The zero-order chi connectivity index (χ0) is 24.8. The highest BCUT2D eigenvalue weighted by Gasteiger charge is 2.28. The Morgan fingerprint density at radius 3 is 1.97 bits per heavy atom. The van der Waals surface area contributed by atoms with Crippen LogP contribution in [0.4, 0.5) is 23.5 Å². The number of hydrogen-bond donors (Lipinski definition) is 3. The van der Waals surface area contributed by atoms with E-state index in [0.717, 1.165) is 31.4 Å². The van der Waals surface area contributed by atoms with E-state index in [2.05, 4.69) is 30.9 Å². The molecule has 2 aliphatic carbocycles. The third-order valence-electron chi connectivity index (χ3n) is 6.84. The van der Waals surface area contributed by atoms with E-state index >= 15 is 0 Å². The van der Waals surface area contributed by atoms with Crippen LogP contribution < -0.4 is 20.7 Å². The van der Waals surface area contributed by atoms with Gasteiger partial charge < -0.3 is 20.7 Å². The Labute approximate surface area is 212 Å². The van der Waals surface area contributed by atoms with Crippen LogP contribution in [0, 0.1) is 0 Å². The number of hydrogen-bond acceptors (Lipinski definition) is 9. The van der Waals surface area contributed by atoms with Crippen LogP contribution in [-0.2, 0) is 9.84 Å². The number of ether oxygens (including phenoxy) is 1. The Balaban J connectivity index is 1.52. The first-order chi connectivity index (χ1) is 16.8. The predicted molar refractivity (Wildman–Crippen MR) is 141 cm³/mol. The van der Waals surface area contributed by atoms with Crippen molar-refractivity contribution in [3.63, 3.8) is 0 Å². The van der Waals surface area contributed by atoms with Crippen molar-refractivity contribution in [3.05, 3.63) is 23.2 Å². The summed E-state index contributed by atoms with van der Waals surface area (Å²) >= 11 is 6.29. The molecule has 0 unspecified atom stereocenters. The third kappa shape index (κ3) is 7.33. The highest BCUT2D eigenvalue weighted by atomic mass is 35.5. The van der Waals surface area contributed by atoms with E-state index in [1.54, 1.807) is 19.2 Å². The highest BCUT2D eigenvalue weighted by molar-refractivity contribution is 7.91. The Kier molecular flexibility index (Phi) is 8.54. The van der Waals surface area contributed by atoms with Gasteiger partial charge >= 0.3 is 0 Å². The van der Waals surface area contributed by atoms with Crippen molar-refractivity contribution in [3.8, 4) is 5.75 Å². The van der Waals surface area contributed by atoms with Crippen LogP contribution in [0.15, 0.2) is 18.2 Å². The molecule has 1 aromatic carbocycles. The monoisotopic (exact) mass is 522 g/mol. The molecule has 192 valence electrons. The maximum atomic E-state index is 11.9. The quantitative estimate of drug-likeness (QED) is 0.403. The van der Waals surface area contributed by atoms with Crippen LogP contribution in [-0.4, -0.2) is 54.1 Å². The second kappa shape index (κ2) is 11.6. The number of benzene rings is 1. The second-order valence-electron chi connectivity index (χ2n) is 9.56. The maximum absolute atomic E-state index is 11.9. The molecule has 1 aromatic heterocycles. The van der Waals surface area contributed by atoms with Gasteiger partial charge in [0.05, 0.1) is 17.4 Å². The molecule has 2 fully saturated rings. The molecule has 11 heteroatoms. The summed E-state index contributed by atoms with van der Waals surface area (Å²) in [5, 5.41) is 10.4. The van der Waals surface area contributed by atoms with Crippen molar-refractivity contribution in [2.45, 2.75) is 81.5 Å². The summed E-state index contributed by atoms with van der Waals surface area (Å²) in [6.07, 6.45) is 11.3. The highest BCUT2D eigenvalue weighted by Crippen LogP contribution is 2.30. The summed E-state index contributed by atoms with van der Waals surface area (Å²) in [4.78, 5) is 13.9. The largest absolute Gasteiger partial charge is 0.495 e. The van der Waals surface area contributed by atoms with Crippen LogP contribution in [0.25, 0.3) is 0 Å². The van der Waals surface area contributed by atoms with E-state index in [1.165, 1.54) is 31.9 Å². The average Bonchev–Trinajstić information content (AvgIpc) is 3.07. The molecule has 3 N–H and O–H groups in total. The molecule has 0 bridgehead atoms. The van der Waals surface area contributed by atoms with Gasteiger partial charge in [-0.05, 0) is 56.7 Å². The summed E-state index contributed by atoms with van der Waals surface area (Å²) in [5.74, 6) is 2.00. The zero-order valence-corrected chi connectivity index (χ0v) is 22.0. The molecule has 4 rings (SSSR count). The van der Waals surface area contributed by atoms with Gasteiger partial charge in [0.2, 0.25) is 17.8 Å². The van der Waals surface area contributed by atoms with E-state index in [4.69, 9.17) is 16.3 Å². The lowest BCUT2D eigenvalue weighted by atomic mass is 9.95. The van der Waals surface area contributed by atoms with Crippen LogP contribution in [0.5, 0.6) is 5.75 Å². The summed E-state index contributed by atoms with van der Waals surface area (Å²) in [7, 11) is -1.43. The fourth-order valence-electron chi connectivity index (χ4n) is 4.86. The van der Waals surface area contributed by atoms with Crippen molar-refractivity contribution in [2.24, 2.45) is 0 Å². The minimum atomic E-state index is -3.01. The van der Waals surface area contributed by atoms with Gasteiger partial charge in [-0.15, -0.1) is 0 Å². The number of nitrogens with zero attached hydrogens (tertiary/aromatic N) is 3. The SMILES string of the molecule is COc1ccc(Nc2nc(NC3CCCCCC3)nc(NC3CCC(S(C)(=O)=O)CC3)n2)cc1Cl. The third-order valence-corrected chi connectivity index (χ3v) is 8.82. The molecule has 0 amide bonds. The molecule has 0 saturated heterocycles. The fraction of sp³-hybridized carbons (Fsp3) is 0.625. The molecule has 0 spiro atoms. The van der Waals surface area contributed by atoms with Crippen molar-refractivity contribution in [1.29, 1.82) is 0 Å². The fourth-order valence-corrected chi connectivity index (χ4v) is 6.24. The zero-order valence-electron chi connectivity index (χ0n) is 20.4. The number of aromatic nitrogens is 3. The second-order valence-corrected chi connectivity index (χ2v) is 12.3. The Hall–Kier alpha value is -2.33. The van der Waals surface area contributed by atoms with Gasteiger partial charge in [-0.2, -0.15) is 15.0 Å². The number of nitrogens with one attached hydrogen (secondary N) is 3. The van der Waals surface area contributed by atoms with Crippen LogP contribution in [0.2, 0.25) is 5.02 Å². The van der Waals surface area contributed by atoms with E-state index in [-0.39, 0.29) is 11.3 Å². The smallest absolute Gasteiger partial charge is 0.233 e. The van der Waals surface area contributed by atoms with Crippen LogP contribution >= 0.6 is 11.6 Å². The van der Waals surface area contributed by atoms with Gasteiger partial charge in [0, 0.05) is 24.0 Å². The van der Waals surface area contributed by atoms with Gasteiger partial charge in [0.25, 0.3) is 0 Å². The Morgan fingerprint density at radius 1 is 0.857 bits per heavy atom. The molecule has 2 saturated carbocycles. The summed E-state index contributed by atoms with van der Waals surface area (Å²) in [5.41, 5.74) is 0.738. The molecule has 0 aliphatic heterocycles. The molecule has 2 aliphatic rings. The lowest BCUT2D eigenvalue weighted by Gasteiger charge is -2.28. The molecular weight excluding hydrogens is 488 g/mol. The number of methoxy groups -OCH3 is 1. The average molecular weight is 523 g/mol. The standard InChI is InChI=1S/C24H35ClN6O3S/c1-34-21-14-11-18(15-20(21)25)28-24-30-22(26-16-7-5-3-4-6-8-16)29-23(31-24)27-17-9-12-19(13-10-17)35(2,32)33/h11,14-17,19H,3-10,12-13H2,1-2H3,(H3,26,27,28,29,30,31). The number of rotatable bonds is 8. The maximum Gasteiger partial charge on any atom is 0.233 e. The summed E-state index contributed by atoms with van der Waals surface area (Å²) in [6, 6.07) is 5.86. The van der Waals surface area contributed by atoms with Gasteiger partial charge in [-0.25, -0.2) is 8.42 Å². The first-order valence-corrected chi connectivity index (χ1v) is 14.7. The van der Waals surface area contributed by atoms with Crippen molar-refractivity contribution in [1.82, 2.24) is 15.0 Å². The van der Waals surface area contributed by atoms with Crippen LogP contribution in [0.3, 0.4) is 0 Å². The Bertz CT molecular complexity index is 1100.